The molecule has 4 unspecified atom stereocenters. The minimum absolute atomic E-state index is 0.00737. The van der Waals surface area contributed by atoms with Crippen LogP contribution in [0.5, 0.6) is 23.0 Å². The molecule has 4 aliphatic rings. The van der Waals surface area contributed by atoms with E-state index in [2.05, 4.69) is 19.1 Å². The first kappa shape index (κ1) is 27.9. The molecule has 4 aliphatic carbocycles. The standard InChI is InChI=1S/C34H42O7/c1-18(35)41-30-9-7-8-26-21-11-10-19-14-28(37-3)23(15-22(19)20(21)12-13-34(26,30)2)24-16-27(36)25-17-29(38-4)32(39-5)33(40-6)31(24)25/h14-15,17,20-21,24,26,30H,7-13,16H2,1-6H3/t20?,21?,24?,26?,30-,34-/m0/s1. The molecule has 7 nitrogen and oxygen atoms in total. The van der Waals surface area contributed by atoms with Crippen molar-refractivity contribution < 1.29 is 33.3 Å². The number of esters is 1. The first-order chi connectivity index (χ1) is 19.7. The molecule has 41 heavy (non-hydrogen) atoms. The maximum atomic E-state index is 13.4. The molecule has 2 saturated carbocycles. The number of rotatable bonds is 6. The maximum absolute atomic E-state index is 13.4. The average molecular weight is 563 g/mol. The van der Waals surface area contributed by atoms with Crippen molar-refractivity contribution in [2.45, 2.75) is 83.2 Å². The van der Waals surface area contributed by atoms with Crippen LogP contribution in [-0.4, -0.2) is 46.3 Å². The number of aryl methyl sites for hydroxylation is 1. The fraction of sp³-hybridized carbons (Fsp3) is 0.588. The largest absolute Gasteiger partial charge is 0.496 e. The van der Waals surface area contributed by atoms with Crippen LogP contribution in [-0.2, 0) is 16.0 Å². The van der Waals surface area contributed by atoms with E-state index in [1.54, 1.807) is 34.5 Å². The molecule has 0 N–H and O–H groups in total. The van der Waals surface area contributed by atoms with Crippen LogP contribution in [0.15, 0.2) is 18.2 Å². The molecular weight excluding hydrogens is 520 g/mol. The first-order valence-electron chi connectivity index (χ1n) is 15.0. The topological polar surface area (TPSA) is 80.3 Å². The van der Waals surface area contributed by atoms with Crippen LogP contribution >= 0.6 is 0 Å². The van der Waals surface area contributed by atoms with Crippen molar-refractivity contribution in [2.75, 3.05) is 28.4 Å². The highest BCUT2D eigenvalue weighted by Gasteiger charge is 2.54. The van der Waals surface area contributed by atoms with Gasteiger partial charge in [-0.15, -0.1) is 0 Å². The molecule has 0 spiro atoms. The average Bonchev–Trinajstić information content (AvgIpc) is 3.30. The Bertz CT molecular complexity index is 1380. The van der Waals surface area contributed by atoms with Gasteiger partial charge in [0.1, 0.15) is 11.9 Å². The van der Waals surface area contributed by atoms with Crippen LogP contribution in [0.25, 0.3) is 0 Å². The summed E-state index contributed by atoms with van der Waals surface area (Å²) in [7, 11) is 6.48. The molecule has 6 rings (SSSR count). The molecule has 6 atom stereocenters. The highest BCUT2D eigenvalue weighted by atomic mass is 16.5. The molecule has 2 aromatic rings. The molecule has 2 fully saturated rings. The van der Waals surface area contributed by atoms with Crippen molar-refractivity contribution in [3.63, 3.8) is 0 Å². The lowest BCUT2D eigenvalue weighted by molar-refractivity contribution is -0.168. The van der Waals surface area contributed by atoms with Crippen molar-refractivity contribution >= 4 is 11.8 Å². The number of methoxy groups -OCH3 is 4. The highest BCUT2D eigenvalue weighted by molar-refractivity contribution is 6.04. The van der Waals surface area contributed by atoms with E-state index in [0.29, 0.717) is 47.0 Å². The Kier molecular flexibility index (Phi) is 7.19. The van der Waals surface area contributed by atoms with Gasteiger partial charge in [-0.1, -0.05) is 13.0 Å². The van der Waals surface area contributed by atoms with Crippen LogP contribution in [0.4, 0.5) is 0 Å². The van der Waals surface area contributed by atoms with Gasteiger partial charge < -0.3 is 23.7 Å². The zero-order valence-electron chi connectivity index (χ0n) is 25.1. The van der Waals surface area contributed by atoms with Gasteiger partial charge in [0.2, 0.25) is 5.75 Å². The van der Waals surface area contributed by atoms with Gasteiger partial charge in [-0.2, -0.15) is 0 Å². The smallest absolute Gasteiger partial charge is 0.302 e. The molecule has 220 valence electrons. The van der Waals surface area contributed by atoms with E-state index in [9.17, 15) is 9.59 Å². The molecule has 0 heterocycles. The van der Waals surface area contributed by atoms with Crippen LogP contribution < -0.4 is 18.9 Å². The predicted octanol–water partition coefficient (Wildman–Crippen LogP) is 6.62. The van der Waals surface area contributed by atoms with Crippen LogP contribution in [0, 0.1) is 17.3 Å². The van der Waals surface area contributed by atoms with E-state index in [1.807, 2.05) is 0 Å². The molecule has 0 bridgehead atoms. The normalized spacial score (nSPS) is 29.9. The molecule has 0 amide bonds. The van der Waals surface area contributed by atoms with Crippen molar-refractivity contribution in [1.29, 1.82) is 0 Å². The van der Waals surface area contributed by atoms with Gasteiger partial charge in [0.15, 0.2) is 17.3 Å². The minimum Gasteiger partial charge on any atom is -0.496 e. The summed E-state index contributed by atoms with van der Waals surface area (Å²) in [6, 6.07) is 6.33. The summed E-state index contributed by atoms with van der Waals surface area (Å²) in [6.45, 7) is 3.90. The molecule has 0 radical (unpaired) electrons. The Balaban J connectivity index is 1.42. The Labute approximate surface area is 242 Å². The van der Waals surface area contributed by atoms with E-state index < -0.39 is 0 Å². The van der Waals surface area contributed by atoms with Gasteiger partial charge in [0.05, 0.1) is 28.4 Å². The minimum atomic E-state index is -0.204. The van der Waals surface area contributed by atoms with Crippen LogP contribution in [0.3, 0.4) is 0 Å². The van der Waals surface area contributed by atoms with Gasteiger partial charge in [-0.05, 0) is 86.0 Å². The first-order valence-corrected chi connectivity index (χ1v) is 15.0. The summed E-state index contributed by atoms with van der Waals surface area (Å²) in [5.41, 5.74) is 5.26. The highest BCUT2D eigenvalue weighted by Crippen LogP contribution is 2.61. The number of ketones is 1. The number of carbonyl (C=O) groups excluding carboxylic acids is 2. The maximum Gasteiger partial charge on any atom is 0.302 e. The summed E-state index contributed by atoms with van der Waals surface area (Å²) in [5, 5.41) is 0. The summed E-state index contributed by atoms with van der Waals surface area (Å²) < 4.78 is 29.0. The zero-order valence-corrected chi connectivity index (χ0v) is 25.1. The lowest BCUT2D eigenvalue weighted by Gasteiger charge is -2.56. The van der Waals surface area contributed by atoms with Crippen LogP contribution in [0.1, 0.15) is 103 Å². The Hall–Kier alpha value is -3.22. The number of hydrogen-bond donors (Lipinski definition) is 0. The van der Waals surface area contributed by atoms with E-state index in [4.69, 9.17) is 23.7 Å². The monoisotopic (exact) mass is 562 g/mol. The molecular formula is C34H42O7. The SMILES string of the molecule is COc1cc2c(cc1C1CC(=O)c3cc(OC)c(OC)c(OC)c31)C1CC[C@@]3(C)C(CCC[C@@H]3OC(C)=O)C1CC2. The summed E-state index contributed by atoms with van der Waals surface area (Å²) >= 11 is 0. The molecule has 0 aromatic heterocycles. The third kappa shape index (κ3) is 4.29. The summed E-state index contributed by atoms with van der Waals surface area (Å²) in [5.74, 6) is 3.57. The fourth-order valence-corrected chi connectivity index (χ4v) is 9.02. The number of Topliss-reactive ketones (excluding diaryl/α,β-unsaturated/α-hetero) is 1. The number of hydrogen-bond acceptors (Lipinski definition) is 7. The van der Waals surface area contributed by atoms with Gasteiger partial charge in [0.25, 0.3) is 0 Å². The number of carbonyl (C=O) groups is 2. The van der Waals surface area contributed by atoms with Crippen molar-refractivity contribution in [2.24, 2.45) is 17.3 Å². The number of benzene rings is 2. The Morgan fingerprint density at radius 3 is 2.32 bits per heavy atom. The molecule has 0 saturated heterocycles. The van der Waals surface area contributed by atoms with Crippen molar-refractivity contribution in [3.8, 4) is 23.0 Å². The second kappa shape index (κ2) is 10.6. The van der Waals surface area contributed by atoms with E-state index in [0.717, 1.165) is 55.4 Å². The fourth-order valence-electron chi connectivity index (χ4n) is 9.02. The Morgan fingerprint density at radius 1 is 0.878 bits per heavy atom. The van der Waals surface area contributed by atoms with Crippen molar-refractivity contribution in [3.05, 3.63) is 46.0 Å². The van der Waals surface area contributed by atoms with E-state index in [-0.39, 0.29) is 29.2 Å². The molecule has 7 heteroatoms. The lowest BCUT2D eigenvalue weighted by atomic mass is 9.50. The Morgan fingerprint density at radius 2 is 1.63 bits per heavy atom. The predicted molar refractivity (Wildman–Crippen MR) is 155 cm³/mol. The lowest BCUT2D eigenvalue weighted by Crippen LogP contribution is -2.52. The number of ether oxygens (including phenoxy) is 5. The summed E-state index contributed by atoms with van der Waals surface area (Å²) in [4.78, 5) is 25.3. The van der Waals surface area contributed by atoms with Crippen LogP contribution in [0.2, 0.25) is 0 Å². The zero-order chi connectivity index (χ0) is 29.1. The summed E-state index contributed by atoms with van der Waals surface area (Å²) in [6.07, 6.45) is 7.88. The van der Waals surface area contributed by atoms with Gasteiger partial charge in [-0.25, -0.2) is 0 Å². The van der Waals surface area contributed by atoms with E-state index in [1.165, 1.54) is 24.5 Å². The second-order valence-electron chi connectivity index (χ2n) is 12.6. The van der Waals surface area contributed by atoms with E-state index >= 15 is 0 Å². The van der Waals surface area contributed by atoms with Gasteiger partial charge in [0, 0.05) is 41.4 Å². The molecule has 0 aliphatic heterocycles. The third-order valence-corrected chi connectivity index (χ3v) is 10.8. The van der Waals surface area contributed by atoms with Crippen molar-refractivity contribution in [1.82, 2.24) is 0 Å². The molecule has 2 aromatic carbocycles. The van der Waals surface area contributed by atoms with Gasteiger partial charge >= 0.3 is 5.97 Å². The quantitative estimate of drug-likeness (QED) is 0.366. The number of fused-ring (bicyclic) bond motifs is 6. The van der Waals surface area contributed by atoms with Gasteiger partial charge in [-0.3, -0.25) is 9.59 Å². The third-order valence-electron chi connectivity index (χ3n) is 10.8. The second-order valence-corrected chi connectivity index (χ2v) is 12.6.